The van der Waals surface area contributed by atoms with Gasteiger partial charge in [-0.1, -0.05) is 12.6 Å². The first kappa shape index (κ1) is 21.6. The van der Waals surface area contributed by atoms with Gasteiger partial charge in [0.05, 0.1) is 33.6 Å². The first-order valence-corrected chi connectivity index (χ1v) is 11.6. The summed E-state index contributed by atoms with van der Waals surface area (Å²) in [6, 6.07) is 13.5. The highest BCUT2D eigenvalue weighted by Gasteiger charge is 2.16. The number of aromatic amines is 1. The molecule has 4 rings (SSSR count). The van der Waals surface area contributed by atoms with E-state index in [4.69, 9.17) is 9.81 Å². The third kappa shape index (κ3) is 4.23. The van der Waals surface area contributed by atoms with Gasteiger partial charge in [0.2, 0.25) is 0 Å². The minimum atomic E-state index is -4.31. The van der Waals surface area contributed by atoms with E-state index in [1.807, 2.05) is 12.1 Å². The molecule has 0 spiro atoms. The lowest BCUT2D eigenvalue weighted by Crippen LogP contribution is -2.34. The molecule has 0 atom stereocenters. The maximum atomic E-state index is 13.0. The number of hydrogen-bond acceptors (Lipinski definition) is 5. The van der Waals surface area contributed by atoms with Gasteiger partial charge in [0.1, 0.15) is 0 Å². The fraction of sp³-hybridized carbons (Fsp3) is 0.217. The highest BCUT2D eigenvalue weighted by Crippen LogP contribution is 2.28. The van der Waals surface area contributed by atoms with Gasteiger partial charge in [0, 0.05) is 18.8 Å². The maximum Gasteiger partial charge on any atom is 0.294 e. The number of H-pyrrole nitrogens is 1. The molecule has 1 aliphatic rings. The van der Waals surface area contributed by atoms with E-state index in [1.54, 1.807) is 6.08 Å². The highest BCUT2D eigenvalue weighted by atomic mass is 32.2. The van der Waals surface area contributed by atoms with Crippen molar-refractivity contribution in [2.45, 2.75) is 24.2 Å². The van der Waals surface area contributed by atoms with Gasteiger partial charge in [-0.25, -0.2) is 4.68 Å². The summed E-state index contributed by atoms with van der Waals surface area (Å²) in [4.78, 5) is 15.0. The molecular formula is C23H22N4O4S. The predicted molar refractivity (Wildman–Crippen MR) is 122 cm³/mol. The van der Waals surface area contributed by atoms with Crippen LogP contribution in [0.5, 0.6) is 0 Å². The van der Waals surface area contributed by atoms with Crippen LogP contribution in [0.15, 0.2) is 52.2 Å². The van der Waals surface area contributed by atoms with Gasteiger partial charge in [0.15, 0.2) is 0 Å². The molecule has 0 radical (unpaired) electrons. The Labute approximate surface area is 185 Å². The minimum Gasteiger partial charge on any atom is -0.370 e. The average Bonchev–Trinajstić information content (AvgIpc) is 3.05. The summed E-state index contributed by atoms with van der Waals surface area (Å²) in [5.74, 6) is 0. The monoisotopic (exact) mass is 450 g/mol. The van der Waals surface area contributed by atoms with Crippen LogP contribution in [0.3, 0.4) is 0 Å². The number of nitriles is 1. The molecule has 2 aromatic carbocycles. The van der Waals surface area contributed by atoms with Gasteiger partial charge in [-0.05, 0) is 66.4 Å². The molecule has 0 bridgehead atoms. The first-order chi connectivity index (χ1) is 15.3. The Morgan fingerprint density at radius 2 is 1.97 bits per heavy atom. The quantitative estimate of drug-likeness (QED) is 0.566. The lowest BCUT2D eigenvalue weighted by molar-refractivity contribution is 0.483. The summed E-state index contributed by atoms with van der Waals surface area (Å²) >= 11 is 0. The van der Waals surface area contributed by atoms with E-state index in [1.165, 1.54) is 34.5 Å². The van der Waals surface area contributed by atoms with Crippen molar-refractivity contribution in [3.05, 3.63) is 74.5 Å². The third-order valence-corrected chi connectivity index (χ3v) is 6.39. The highest BCUT2D eigenvalue weighted by molar-refractivity contribution is 7.85. The molecule has 0 saturated heterocycles. The summed E-state index contributed by atoms with van der Waals surface area (Å²) in [7, 11) is -4.31. The molecular weight excluding hydrogens is 428 g/mol. The fourth-order valence-corrected chi connectivity index (χ4v) is 4.44. The normalized spacial score (nSPS) is 14.2. The Kier molecular flexibility index (Phi) is 5.74. The van der Waals surface area contributed by atoms with Crippen molar-refractivity contribution in [1.82, 2.24) is 9.78 Å². The van der Waals surface area contributed by atoms with Crippen molar-refractivity contribution in [1.29, 1.82) is 5.26 Å². The Morgan fingerprint density at radius 1 is 1.22 bits per heavy atom. The Bertz CT molecular complexity index is 1480. The molecule has 1 aliphatic heterocycles. The average molecular weight is 451 g/mol. The SMILES string of the molecule is C=c1[nH]n(-c2ccc(S(=O)(=O)O)cc2)c(=O)c1=Cc1ccc2c(c1)CCCN2CCC#N. The molecule has 0 fully saturated rings. The topological polar surface area (TPSA) is 119 Å². The van der Waals surface area contributed by atoms with Crippen LogP contribution in [-0.2, 0) is 16.5 Å². The maximum absolute atomic E-state index is 13.0. The van der Waals surface area contributed by atoms with Crippen molar-refractivity contribution in [3.63, 3.8) is 0 Å². The van der Waals surface area contributed by atoms with Crippen LogP contribution in [0, 0.1) is 11.3 Å². The molecule has 2 heterocycles. The van der Waals surface area contributed by atoms with Crippen molar-refractivity contribution in [2.75, 3.05) is 18.0 Å². The minimum absolute atomic E-state index is 0.250. The zero-order chi connectivity index (χ0) is 22.9. The Morgan fingerprint density at radius 3 is 2.66 bits per heavy atom. The number of benzene rings is 2. The molecule has 32 heavy (non-hydrogen) atoms. The number of rotatable bonds is 5. The lowest BCUT2D eigenvalue weighted by Gasteiger charge is -2.30. The molecule has 2 N–H and O–H groups in total. The summed E-state index contributed by atoms with van der Waals surface area (Å²) < 4.78 is 32.9. The fourth-order valence-electron chi connectivity index (χ4n) is 3.96. The van der Waals surface area contributed by atoms with Crippen LogP contribution in [-0.4, -0.2) is 35.8 Å². The second kappa shape index (κ2) is 8.49. The number of aryl methyl sites for hydroxylation is 1. The van der Waals surface area contributed by atoms with Crippen LogP contribution < -0.4 is 21.0 Å². The van der Waals surface area contributed by atoms with E-state index in [9.17, 15) is 13.2 Å². The molecule has 0 saturated carbocycles. The molecule has 0 unspecified atom stereocenters. The summed E-state index contributed by atoms with van der Waals surface area (Å²) in [5, 5.41) is 12.6. The van der Waals surface area contributed by atoms with E-state index in [-0.39, 0.29) is 10.5 Å². The van der Waals surface area contributed by atoms with E-state index < -0.39 is 10.1 Å². The Balaban J connectivity index is 1.71. The number of anilines is 1. The van der Waals surface area contributed by atoms with Crippen molar-refractivity contribution < 1.29 is 13.0 Å². The number of nitrogens with zero attached hydrogens (tertiary/aromatic N) is 3. The van der Waals surface area contributed by atoms with Gasteiger partial charge in [-0.15, -0.1) is 0 Å². The number of aromatic nitrogens is 2. The smallest absolute Gasteiger partial charge is 0.294 e. The third-order valence-electron chi connectivity index (χ3n) is 5.52. The molecule has 8 nitrogen and oxygen atoms in total. The lowest BCUT2D eigenvalue weighted by atomic mass is 9.98. The van der Waals surface area contributed by atoms with Crippen LogP contribution in [0.4, 0.5) is 5.69 Å². The summed E-state index contributed by atoms with van der Waals surface area (Å²) in [6.07, 6.45) is 4.21. The van der Waals surface area contributed by atoms with Crippen molar-refractivity contribution in [3.8, 4) is 11.8 Å². The van der Waals surface area contributed by atoms with Gasteiger partial charge >= 0.3 is 0 Å². The molecule has 9 heteroatoms. The van der Waals surface area contributed by atoms with Gasteiger partial charge < -0.3 is 4.90 Å². The second-order valence-corrected chi connectivity index (χ2v) is 9.07. The van der Waals surface area contributed by atoms with Crippen molar-refractivity contribution in [2.24, 2.45) is 0 Å². The van der Waals surface area contributed by atoms with Gasteiger partial charge in [-0.2, -0.15) is 13.7 Å². The molecule has 3 aromatic rings. The van der Waals surface area contributed by atoms with E-state index in [2.05, 4.69) is 28.7 Å². The number of hydrogen-bond donors (Lipinski definition) is 2. The standard InChI is InChI=1S/C23H22N4O4S/c1-16-21(23(28)27(25-16)19-6-8-20(9-7-19)32(29,30)31)15-17-5-10-22-18(14-17)4-2-12-26(22)13-3-11-24/h5-10,14-15,25H,1-4,12-13H2,(H,29,30,31). The van der Waals surface area contributed by atoms with E-state index in [0.29, 0.717) is 29.2 Å². The number of fused-ring (bicyclic) bond motifs is 1. The van der Waals surface area contributed by atoms with Crippen molar-refractivity contribution >= 4 is 28.5 Å². The van der Waals surface area contributed by atoms with E-state index in [0.717, 1.165) is 30.6 Å². The molecule has 1 aromatic heterocycles. The Hall–Kier alpha value is -3.61. The van der Waals surface area contributed by atoms with Gasteiger partial charge in [-0.3, -0.25) is 14.4 Å². The largest absolute Gasteiger partial charge is 0.370 e. The van der Waals surface area contributed by atoms with Gasteiger partial charge in [0.25, 0.3) is 15.7 Å². The van der Waals surface area contributed by atoms with Crippen LogP contribution in [0.2, 0.25) is 0 Å². The first-order valence-electron chi connectivity index (χ1n) is 10.1. The molecule has 0 amide bonds. The number of nitrogens with one attached hydrogen (secondary N) is 1. The second-order valence-electron chi connectivity index (χ2n) is 7.64. The van der Waals surface area contributed by atoms with Crippen LogP contribution in [0.1, 0.15) is 24.0 Å². The predicted octanol–water partition coefficient (Wildman–Crippen LogP) is 1.32. The zero-order valence-electron chi connectivity index (χ0n) is 17.3. The molecule has 0 aliphatic carbocycles. The zero-order valence-corrected chi connectivity index (χ0v) is 18.1. The molecule has 164 valence electrons. The van der Waals surface area contributed by atoms with E-state index >= 15 is 0 Å². The summed E-state index contributed by atoms with van der Waals surface area (Å²) in [6.45, 7) is 5.56. The van der Waals surface area contributed by atoms with Crippen LogP contribution in [0.25, 0.3) is 18.3 Å². The van der Waals surface area contributed by atoms with Crippen LogP contribution >= 0.6 is 0 Å². The summed E-state index contributed by atoms with van der Waals surface area (Å²) in [5.41, 5.74) is 3.29.